The lowest BCUT2D eigenvalue weighted by molar-refractivity contribution is 0.0677. The molecule has 0 radical (unpaired) electrons. The molecule has 5 heteroatoms. The molecular weight excluding hydrogens is 254 g/mol. The summed E-state index contributed by atoms with van der Waals surface area (Å²) in [5.41, 5.74) is 8.72. The van der Waals surface area contributed by atoms with Crippen molar-refractivity contribution in [1.29, 1.82) is 0 Å². The standard InChI is InChI=1S/C15H21N3O2/c1-19-8-9-20-7-3-6-18-12-14(11-17-18)13-4-2-5-15(16)10-13/h2,4-5,10-12H,3,6-9,16H2,1H3. The predicted octanol–water partition coefficient (Wildman–Crippen LogP) is 2.19. The average molecular weight is 275 g/mol. The zero-order valence-electron chi connectivity index (χ0n) is 11.8. The molecule has 2 aromatic rings. The van der Waals surface area contributed by atoms with Gasteiger partial charge in [-0.1, -0.05) is 12.1 Å². The van der Waals surface area contributed by atoms with Gasteiger partial charge in [-0.2, -0.15) is 5.10 Å². The molecule has 0 aliphatic heterocycles. The van der Waals surface area contributed by atoms with E-state index in [2.05, 4.69) is 5.10 Å². The molecule has 0 bridgehead atoms. The van der Waals surface area contributed by atoms with Gasteiger partial charge in [-0.3, -0.25) is 4.68 Å². The normalized spacial score (nSPS) is 10.8. The molecule has 0 saturated heterocycles. The third-order valence-corrected chi connectivity index (χ3v) is 2.96. The Balaban J connectivity index is 1.80. The number of methoxy groups -OCH3 is 1. The first-order chi connectivity index (χ1) is 9.79. The zero-order valence-corrected chi connectivity index (χ0v) is 11.8. The van der Waals surface area contributed by atoms with Crippen molar-refractivity contribution in [3.8, 4) is 11.1 Å². The van der Waals surface area contributed by atoms with Crippen LogP contribution >= 0.6 is 0 Å². The van der Waals surface area contributed by atoms with Gasteiger partial charge >= 0.3 is 0 Å². The molecule has 0 aliphatic carbocycles. The number of aryl methyl sites for hydroxylation is 1. The maximum Gasteiger partial charge on any atom is 0.0700 e. The van der Waals surface area contributed by atoms with Crippen molar-refractivity contribution in [2.24, 2.45) is 0 Å². The zero-order chi connectivity index (χ0) is 14.2. The number of nitrogen functional groups attached to an aromatic ring is 1. The Kier molecular flexibility index (Phi) is 5.58. The van der Waals surface area contributed by atoms with Crippen LogP contribution in [-0.4, -0.2) is 36.7 Å². The van der Waals surface area contributed by atoms with Gasteiger partial charge in [0.05, 0.1) is 19.4 Å². The van der Waals surface area contributed by atoms with E-state index < -0.39 is 0 Å². The van der Waals surface area contributed by atoms with Crippen LogP contribution in [0.4, 0.5) is 5.69 Å². The Morgan fingerprint density at radius 1 is 1.20 bits per heavy atom. The lowest BCUT2D eigenvalue weighted by Gasteiger charge is -2.03. The molecule has 1 heterocycles. The third-order valence-electron chi connectivity index (χ3n) is 2.96. The Labute approximate surface area is 119 Å². The van der Waals surface area contributed by atoms with Gasteiger partial charge in [0.2, 0.25) is 0 Å². The second-order valence-corrected chi connectivity index (χ2v) is 4.58. The van der Waals surface area contributed by atoms with E-state index in [-0.39, 0.29) is 0 Å². The fourth-order valence-electron chi connectivity index (χ4n) is 1.93. The van der Waals surface area contributed by atoms with Crippen LogP contribution in [0.5, 0.6) is 0 Å². The first-order valence-corrected chi connectivity index (χ1v) is 6.74. The monoisotopic (exact) mass is 275 g/mol. The Hall–Kier alpha value is -1.85. The number of aromatic nitrogens is 2. The summed E-state index contributed by atoms with van der Waals surface area (Å²) in [5.74, 6) is 0. The summed E-state index contributed by atoms with van der Waals surface area (Å²) in [6.07, 6.45) is 4.83. The van der Waals surface area contributed by atoms with Gasteiger partial charge in [-0.05, 0) is 24.1 Å². The first kappa shape index (κ1) is 14.6. The van der Waals surface area contributed by atoms with Crippen molar-refractivity contribution >= 4 is 5.69 Å². The minimum absolute atomic E-state index is 0.640. The molecule has 0 unspecified atom stereocenters. The molecule has 0 spiro atoms. The summed E-state index contributed by atoms with van der Waals surface area (Å²) in [6, 6.07) is 7.82. The lowest BCUT2D eigenvalue weighted by Crippen LogP contribution is -2.06. The molecule has 2 N–H and O–H groups in total. The molecule has 5 nitrogen and oxygen atoms in total. The molecule has 1 aromatic carbocycles. The highest BCUT2D eigenvalue weighted by Gasteiger charge is 2.02. The van der Waals surface area contributed by atoms with E-state index in [1.54, 1.807) is 7.11 Å². The topological polar surface area (TPSA) is 62.3 Å². The summed E-state index contributed by atoms with van der Waals surface area (Å²) >= 11 is 0. The molecule has 0 saturated carbocycles. The van der Waals surface area contributed by atoms with E-state index in [9.17, 15) is 0 Å². The van der Waals surface area contributed by atoms with Gasteiger partial charge in [-0.25, -0.2) is 0 Å². The number of benzene rings is 1. The van der Waals surface area contributed by atoms with Crippen LogP contribution in [0.2, 0.25) is 0 Å². The molecule has 0 fully saturated rings. The van der Waals surface area contributed by atoms with Crippen molar-refractivity contribution < 1.29 is 9.47 Å². The Morgan fingerprint density at radius 3 is 2.90 bits per heavy atom. The van der Waals surface area contributed by atoms with Crippen molar-refractivity contribution in [3.63, 3.8) is 0 Å². The summed E-state index contributed by atoms with van der Waals surface area (Å²) in [4.78, 5) is 0. The molecular formula is C15H21N3O2. The third kappa shape index (κ3) is 4.36. The molecule has 0 amide bonds. The van der Waals surface area contributed by atoms with Crippen LogP contribution < -0.4 is 5.73 Å². The maximum absolute atomic E-state index is 5.79. The number of anilines is 1. The SMILES string of the molecule is COCCOCCCn1cc(-c2cccc(N)c2)cn1. The molecule has 0 aliphatic rings. The van der Waals surface area contributed by atoms with Crippen molar-refractivity contribution in [1.82, 2.24) is 9.78 Å². The van der Waals surface area contributed by atoms with Gasteiger partial charge in [0.1, 0.15) is 0 Å². The Bertz CT molecular complexity index is 525. The van der Waals surface area contributed by atoms with Crippen LogP contribution in [0.1, 0.15) is 6.42 Å². The smallest absolute Gasteiger partial charge is 0.0700 e. The summed E-state index contributed by atoms with van der Waals surface area (Å²) in [7, 11) is 1.67. The summed E-state index contributed by atoms with van der Waals surface area (Å²) in [6.45, 7) is 2.84. The predicted molar refractivity (Wildman–Crippen MR) is 79.4 cm³/mol. The Morgan fingerprint density at radius 2 is 2.10 bits per heavy atom. The number of nitrogens with zero attached hydrogens (tertiary/aromatic N) is 2. The van der Waals surface area contributed by atoms with Crippen LogP contribution in [0.3, 0.4) is 0 Å². The highest BCUT2D eigenvalue weighted by molar-refractivity contribution is 5.65. The molecule has 2 rings (SSSR count). The fourth-order valence-corrected chi connectivity index (χ4v) is 1.93. The quantitative estimate of drug-likeness (QED) is 0.592. The van der Waals surface area contributed by atoms with E-state index in [1.165, 1.54) is 0 Å². The molecule has 20 heavy (non-hydrogen) atoms. The molecule has 108 valence electrons. The second kappa shape index (κ2) is 7.67. The number of hydrogen-bond donors (Lipinski definition) is 1. The highest BCUT2D eigenvalue weighted by atomic mass is 16.5. The van der Waals surface area contributed by atoms with Gasteiger partial charge in [0, 0.05) is 37.7 Å². The average Bonchev–Trinajstić information content (AvgIpc) is 2.91. The van der Waals surface area contributed by atoms with Crippen LogP contribution in [0.25, 0.3) is 11.1 Å². The maximum atomic E-state index is 5.79. The highest BCUT2D eigenvalue weighted by Crippen LogP contribution is 2.20. The number of ether oxygens (including phenoxy) is 2. The van der Waals surface area contributed by atoms with Crippen molar-refractivity contribution in [3.05, 3.63) is 36.7 Å². The summed E-state index contributed by atoms with van der Waals surface area (Å²) < 4.78 is 12.3. The lowest BCUT2D eigenvalue weighted by atomic mass is 10.1. The number of rotatable bonds is 8. The van der Waals surface area contributed by atoms with Gasteiger partial charge in [-0.15, -0.1) is 0 Å². The van der Waals surface area contributed by atoms with E-state index in [4.69, 9.17) is 15.2 Å². The van der Waals surface area contributed by atoms with Crippen LogP contribution in [0, 0.1) is 0 Å². The van der Waals surface area contributed by atoms with Crippen LogP contribution in [0.15, 0.2) is 36.7 Å². The molecule has 0 atom stereocenters. The van der Waals surface area contributed by atoms with Gasteiger partial charge in [0.25, 0.3) is 0 Å². The van der Waals surface area contributed by atoms with Gasteiger partial charge in [0.15, 0.2) is 0 Å². The second-order valence-electron chi connectivity index (χ2n) is 4.58. The van der Waals surface area contributed by atoms with Gasteiger partial charge < -0.3 is 15.2 Å². The first-order valence-electron chi connectivity index (χ1n) is 6.74. The minimum atomic E-state index is 0.640. The van der Waals surface area contributed by atoms with E-state index in [0.29, 0.717) is 13.2 Å². The van der Waals surface area contributed by atoms with E-state index in [1.807, 2.05) is 41.3 Å². The molecule has 1 aromatic heterocycles. The fraction of sp³-hybridized carbons (Fsp3) is 0.400. The minimum Gasteiger partial charge on any atom is -0.399 e. The van der Waals surface area contributed by atoms with E-state index >= 15 is 0 Å². The van der Waals surface area contributed by atoms with Crippen molar-refractivity contribution in [2.75, 3.05) is 32.7 Å². The van der Waals surface area contributed by atoms with Crippen molar-refractivity contribution in [2.45, 2.75) is 13.0 Å². The largest absolute Gasteiger partial charge is 0.399 e. The summed E-state index contributed by atoms with van der Waals surface area (Å²) in [5, 5.41) is 4.35. The van der Waals surface area contributed by atoms with Crippen LogP contribution in [-0.2, 0) is 16.0 Å². The van der Waals surface area contributed by atoms with E-state index in [0.717, 1.165) is 36.4 Å². The number of nitrogens with two attached hydrogens (primary N) is 1. The number of hydrogen-bond acceptors (Lipinski definition) is 4.